The Morgan fingerprint density at radius 3 is 2.56 bits per heavy atom. The summed E-state index contributed by atoms with van der Waals surface area (Å²) in [5, 5.41) is 2.82. The lowest BCUT2D eigenvalue weighted by molar-refractivity contribution is 0.0944. The van der Waals surface area contributed by atoms with Gasteiger partial charge in [-0.25, -0.2) is 0 Å². The maximum atomic E-state index is 12.1. The summed E-state index contributed by atoms with van der Waals surface area (Å²) in [6, 6.07) is 3.55. The van der Waals surface area contributed by atoms with Crippen LogP contribution in [0, 0.1) is 0 Å². The van der Waals surface area contributed by atoms with Gasteiger partial charge in [0.25, 0.3) is 11.8 Å². The number of amides is 2. The fourth-order valence-corrected chi connectivity index (χ4v) is 2.39. The van der Waals surface area contributed by atoms with Crippen LogP contribution in [-0.4, -0.2) is 39.5 Å². The standard InChI is InChI=1S/C13H17N3O2/c1-16(2,3)11-9(12(14)17)5-4-8-6-7-15-13(18)10(8)11/h4-5H,6-7H2,1-3H3,(H2-,14,15,17,18)/p+1. The highest BCUT2D eigenvalue weighted by molar-refractivity contribution is 6.08. The molecule has 0 atom stereocenters. The van der Waals surface area contributed by atoms with Crippen molar-refractivity contribution in [2.75, 3.05) is 27.7 Å². The highest BCUT2D eigenvalue weighted by atomic mass is 16.2. The van der Waals surface area contributed by atoms with Crippen molar-refractivity contribution in [1.82, 2.24) is 9.80 Å². The molecule has 2 rings (SSSR count). The zero-order valence-electron chi connectivity index (χ0n) is 10.9. The molecule has 3 N–H and O–H groups in total. The maximum Gasteiger partial charge on any atom is 0.257 e. The molecule has 5 heteroatoms. The monoisotopic (exact) mass is 248 g/mol. The van der Waals surface area contributed by atoms with E-state index in [0.717, 1.165) is 12.0 Å². The number of nitrogens with zero attached hydrogens (tertiary/aromatic N) is 1. The van der Waals surface area contributed by atoms with Gasteiger partial charge in [0.2, 0.25) is 0 Å². The second-order valence-electron chi connectivity index (χ2n) is 5.38. The van der Waals surface area contributed by atoms with Crippen LogP contribution in [0.5, 0.6) is 0 Å². The number of primary amides is 1. The largest absolute Gasteiger partial charge is 0.365 e. The van der Waals surface area contributed by atoms with Gasteiger partial charge in [-0.3, -0.25) is 14.1 Å². The number of hydrogen-bond donors (Lipinski definition) is 2. The SMILES string of the molecule is C[N+](C)(C)c1c(C(N)=O)ccc2c1C(=O)NCC2. The molecule has 18 heavy (non-hydrogen) atoms. The molecule has 1 heterocycles. The van der Waals surface area contributed by atoms with Gasteiger partial charge in [-0.2, -0.15) is 0 Å². The van der Waals surface area contributed by atoms with E-state index in [4.69, 9.17) is 5.73 Å². The third-order valence-electron chi connectivity index (χ3n) is 3.11. The van der Waals surface area contributed by atoms with E-state index in [1.165, 1.54) is 0 Å². The van der Waals surface area contributed by atoms with Gasteiger partial charge in [-0.1, -0.05) is 6.07 Å². The fourth-order valence-electron chi connectivity index (χ4n) is 2.39. The van der Waals surface area contributed by atoms with Crippen molar-refractivity contribution in [1.29, 1.82) is 0 Å². The molecular weight excluding hydrogens is 230 g/mol. The Balaban J connectivity index is 2.79. The summed E-state index contributed by atoms with van der Waals surface area (Å²) in [6.45, 7) is 0.637. The van der Waals surface area contributed by atoms with Gasteiger partial charge in [0.05, 0.1) is 21.1 Å². The molecule has 0 unspecified atom stereocenters. The molecule has 1 aromatic rings. The van der Waals surface area contributed by atoms with Crippen LogP contribution in [-0.2, 0) is 6.42 Å². The first kappa shape index (κ1) is 12.6. The highest BCUT2D eigenvalue weighted by Crippen LogP contribution is 2.32. The molecule has 0 fully saturated rings. The average molecular weight is 248 g/mol. The first-order valence-electron chi connectivity index (χ1n) is 5.88. The van der Waals surface area contributed by atoms with Crippen LogP contribution in [0.3, 0.4) is 0 Å². The van der Waals surface area contributed by atoms with Crippen LogP contribution in [0.1, 0.15) is 26.3 Å². The number of fused-ring (bicyclic) bond motifs is 1. The maximum absolute atomic E-state index is 12.1. The lowest BCUT2D eigenvalue weighted by Gasteiger charge is -2.30. The fraction of sp³-hybridized carbons (Fsp3) is 0.385. The van der Waals surface area contributed by atoms with Crippen molar-refractivity contribution >= 4 is 17.5 Å². The van der Waals surface area contributed by atoms with Crippen LogP contribution in [0.4, 0.5) is 5.69 Å². The number of nitrogens with one attached hydrogen (secondary N) is 1. The number of quaternary nitrogens is 1. The molecule has 0 bridgehead atoms. The summed E-state index contributed by atoms with van der Waals surface area (Å²) < 4.78 is 0.384. The molecule has 96 valence electrons. The van der Waals surface area contributed by atoms with Crippen LogP contribution >= 0.6 is 0 Å². The summed E-state index contributed by atoms with van der Waals surface area (Å²) in [5.41, 5.74) is 8.10. The van der Waals surface area contributed by atoms with E-state index in [2.05, 4.69) is 5.32 Å². The molecule has 5 nitrogen and oxygen atoms in total. The summed E-state index contributed by atoms with van der Waals surface area (Å²) in [6.07, 6.45) is 0.785. The summed E-state index contributed by atoms with van der Waals surface area (Å²) in [7, 11) is 5.76. The molecule has 0 aliphatic carbocycles. The number of rotatable bonds is 2. The van der Waals surface area contributed by atoms with Crippen molar-refractivity contribution in [3.63, 3.8) is 0 Å². The van der Waals surface area contributed by atoms with E-state index in [9.17, 15) is 9.59 Å². The Hall–Kier alpha value is -1.88. The Morgan fingerprint density at radius 1 is 1.33 bits per heavy atom. The van der Waals surface area contributed by atoms with Gasteiger partial charge in [-0.05, 0) is 18.1 Å². The number of hydrogen-bond acceptors (Lipinski definition) is 2. The topological polar surface area (TPSA) is 72.2 Å². The number of nitrogens with two attached hydrogens (primary N) is 1. The Labute approximate surface area is 106 Å². The molecule has 1 aliphatic heterocycles. The van der Waals surface area contributed by atoms with Gasteiger partial charge in [0, 0.05) is 6.54 Å². The van der Waals surface area contributed by atoms with Crippen LogP contribution in [0.15, 0.2) is 12.1 Å². The third-order valence-corrected chi connectivity index (χ3v) is 3.11. The lowest BCUT2D eigenvalue weighted by atomic mass is 9.93. The molecule has 0 radical (unpaired) electrons. The van der Waals surface area contributed by atoms with E-state index in [1.54, 1.807) is 6.07 Å². The lowest BCUT2D eigenvalue weighted by Crippen LogP contribution is -2.42. The molecule has 1 aliphatic rings. The van der Waals surface area contributed by atoms with Crippen molar-refractivity contribution in [2.45, 2.75) is 6.42 Å². The first-order valence-corrected chi connectivity index (χ1v) is 5.88. The van der Waals surface area contributed by atoms with Gasteiger partial charge >= 0.3 is 0 Å². The minimum Gasteiger partial charge on any atom is -0.365 e. The molecule has 0 spiro atoms. The highest BCUT2D eigenvalue weighted by Gasteiger charge is 2.32. The van der Waals surface area contributed by atoms with E-state index >= 15 is 0 Å². The molecule has 0 saturated heterocycles. The van der Waals surface area contributed by atoms with Crippen molar-refractivity contribution in [3.05, 3.63) is 28.8 Å². The number of benzene rings is 1. The van der Waals surface area contributed by atoms with Gasteiger partial charge in [0.1, 0.15) is 11.1 Å². The minimum absolute atomic E-state index is 0.123. The average Bonchev–Trinajstić information content (AvgIpc) is 2.26. The van der Waals surface area contributed by atoms with Crippen LogP contribution in [0.25, 0.3) is 0 Å². The second-order valence-corrected chi connectivity index (χ2v) is 5.38. The minimum atomic E-state index is -0.501. The van der Waals surface area contributed by atoms with E-state index < -0.39 is 5.91 Å². The molecule has 0 saturated carbocycles. The zero-order chi connectivity index (χ0) is 13.5. The molecular formula is C13H18N3O2+. The molecule has 1 aromatic carbocycles. The van der Waals surface area contributed by atoms with E-state index in [-0.39, 0.29) is 5.91 Å². The van der Waals surface area contributed by atoms with Crippen molar-refractivity contribution in [2.24, 2.45) is 5.73 Å². The quantitative estimate of drug-likeness (QED) is 0.737. The zero-order valence-corrected chi connectivity index (χ0v) is 10.9. The van der Waals surface area contributed by atoms with Crippen molar-refractivity contribution in [3.8, 4) is 0 Å². The number of carbonyl (C=O) groups excluding carboxylic acids is 2. The smallest absolute Gasteiger partial charge is 0.257 e. The predicted molar refractivity (Wildman–Crippen MR) is 70.6 cm³/mol. The second kappa shape index (κ2) is 4.10. The normalized spacial score (nSPS) is 14.9. The van der Waals surface area contributed by atoms with Crippen LogP contribution < -0.4 is 15.5 Å². The predicted octanol–water partition coefficient (Wildman–Crippen LogP) is 0.268. The Bertz CT molecular complexity index is 530. The van der Waals surface area contributed by atoms with Gasteiger partial charge < -0.3 is 11.1 Å². The van der Waals surface area contributed by atoms with Gasteiger partial charge in [-0.15, -0.1) is 0 Å². The number of carbonyl (C=O) groups is 2. The summed E-state index contributed by atoms with van der Waals surface area (Å²) >= 11 is 0. The Morgan fingerprint density at radius 2 is 2.00 bits per heavy atom. The third kappa shape index (κ3) is 1.97. The molecule has 2 amide bonds. The first-order chi connectivity index (χ1) is 8.32. The van der Waals surface area contributed by atoms with E-state index in [1.807, 2.05) is 27.2 Å². The van der Waals surface area contributed by atoms with E-state index in [0.29, 0.717) is 27.8 Å². The van der Waals surface area contributed by atoms with Gasteiger partial charge in [0.15, 0.2) is 5.69 Å². The summed E-state index contributed by atoms with van der Waals surface area (Å²) in [4.78, 5) is 23.6. The summed E-state index contributed by atoms with van der Waals surface area (Å²) in [5.74, 6) is -0.623. The Kier molecular flexibility index (Phi) is 2.86. The van der Waals surface area contributed by atoms with Crippen LogP contribution in [0.2, 0.25) is 0 Å². The molecule has 0 aromatic heterocycles. The van der Waals surface area contributed by atoms with Crippen molar-refractivity contribution < 1.29 is 9.59 Å².